The van der Waals surface area contributed by atoms with Crippen LogP contribution in [0, 0.1) is 11.8 Å². The number of nitrogens with one attached hydrogen (secondary N) is 1. The maximum atomic E-state index is 12.2. The molecular weight excluding hydrogens is 264 g/mol. The summed E-state index contributed by atoms with van der Waals surface area (Å²) in [5.41, 5.74) is 0. The van der Waals surface area contributed by atoms with Gasteiger partial charge in [0, 0.05) is 32.0 Å². The highest BCUT2D eigenvalue weighted by molar-refractivity contribution is 5.78. The molecule has 1 unspecified atom stereocenters. The van der Waals surface area contributed by atoms with Gasteiger partial charge in [-0.1, -0.05) is 25.7 Å². The van der Waals surface area contributed by atoms with Crippen LogP contribution in [0.15, 0.2) is 0 Å². The third-order valence-electron chi connectivity index (χ3n) is 5.30. The van der Waals surface area contributed by atoms with Gasteiger partial charge in [-0.05, 0) is 37.5 Å². The van der Waals surface area contributed by atoms with Crippen LogP contribution in [0.3, 0.4) is 0 Å². The Morgan fingerprint density at radius 2 is 1.76 bits per heavy atom. The molecule has 1 aliphatic heterocycles. The molecule has 2 aliphatic carbocycles. The molecule has 2 amide bonds. The average molecular weight is 292 g/mol. The maximum Gasteiger partial charge on any atom is 0.222 e. The van der Waals surface area contributed by atoms with Crippen molar-refractivity contribution in [2.24, 2.45) is 11.8 Å². The zero-order valence-corrected chi connectivity index (χ0v) is 13.0. The third kappa shape index (κ3) is 4.45. The summed E-state index contributed by atoms with van der Waals surface area (Å²) in [6.07, 6.45) is 11.0. The van der Waals surface area contributed by atoms with Crippen LogP contribution >= 0.6 is 0 Å². The van der Waals surface area contributed by atoms with Gasteiger partial charge in [-0.25, -0.2) is 0 Å². The molecule has 0 spiro atoms. The normalized spacial score (nSPS) is 26.3. The van der Waals surface area contributed by atoms with E-state index in [-0.39, 0.29) is 5.91 Å². The summed E-state index contributed by atoms with van der Waals surface area (Å²) in [4.78, 5) is 26.0. The average Bonchev–Trinajstić information content (AvgIpc) is 2.95. The van der Waals surface area contributed by atoms with E-state index in [0.29, 0.717) is 30.7 Å². The minimum Gasteiger partial charge on any atom is -0.353 e. The first-order chi connectivity index (χ1) is 10.2. The Balaban J connectivity index is 1.34. The lowest BCUT2D eigenvalue weighted by Gasteiger charge is -2.17. The Hall–Kier alpha value is -1.06. The highest BCUT2D eigenvalue weighted by Gasteiger charge is 2.30. The van der Waals surface area contributed by atoms with Gasteiger partial charge in [0.25, 0.3) is 0 Å². The van der Waals surface area contributed by atoms with E-state index in [4.69, 9.17) is 0 Å². The molecule has 118 valence electrons. The van der Waals surface area contributed by atoms with Crippen molar-refractivity contribution in [2.45, 2.75) is 70.3 Å². The van der Waals surface area contributed by atoms with Gasteiger partial charge >= 0.3 is 0 Å². The Morgan fingerprint density at radius 3 is 2.48 bits per heavy atom. The van der Waals surface area contributed by atoms with Gasteiger partial charge in [-0.3, -0.25) is 9.59 Å². The van der Waals surface area contributed by atoms with E-state index in [1.54, 1.807) is 0 Å². The van der Waals surface area contributed by atoms with E-state index in [0.717, 1.165) is 44.7 Å². The van der Waals surface area contributed by atoms with Crippen molar-refractivity contribution in [1.29, 1.82) is 0 Å². The summed E-state index contributed by atoms with van der Waals surface area (Å²) in [7, 11) is 0. The van der Waals surface area contributed by atoms with Gasteiger partial charge < -0.3 is 10.2 Å². The fourth-order valence-electron chi connectivity index (χ4n) is 3.79. The van der Waals surface area contributed by atoms with Gasteiger partial charge in [0.15, 0.2) is 0 Å². The molecular formula is C17H28N2O2. The molecule has 0 radical (unpaired) electrons. The number of rotatable bonds is 6. The zero-order valence-electron chi connectivity index (χ0n) is 13.0. The molecule has 4 heteroatoms. The van der Waals surface area contributed by atoms with E-state index in [9.17, 15) is 9.59 Å². The Bertz CT molecular complexity index is 386. The molecule has 21 heavy (non-hydrogen) atoms. The summed E-state index contributed by atoms with van der Waals surface area (Å²) in [6.45, 7) is 1.65. The SMILES string of the molecule is O=C(CC1CCN(C(=O)CCC2CCCC2)C1)NC1CC1. The van der Waals surface area contributed by atoms with Gasteiger partial charge in [-0.15, -0.1) is 0 Å². The van der Waals surface area contributed by atoms with Crippen LogP contribution in [0.5, 0.6) is 0 Å². The van der Waals surface area contributed by atoms with Gasteiger partial charge in [0.05, 0.1) is 0 Å². The van der Waals surface area contributed by atoms with E-state index in [1.807, 2.05) is 4.90 Å². The smallest absolute Gasteiger partial charge is 0.222 e. The van der Waals surface area contributed by atoms with Gasteiger partial charge in [-0.2, -0.15) is 0 Å². The van der Waals surface area contributed by atoms with Crippen LogP contribution in [0.25, 0.3) is 0 Å². The number of hydrogen-bond donors (Lipinski definition) is 1. The van der Waals surface area contributed by atoms with Crippen LogP contribution in [-0.4, -0.2) is 35.8 Å². The van der Waals surface area contributed by atoms with Crippen molar-refractivity contribution in [3.8, 4) is 0 Å². The number of likely N-dealkylation sites (tertiary alicyclic amines) is 1. The topological polar surface area (TPSA) is 49.4 Å². The molecule has 3 aliphatic rings. The first-order valence-electron chi connectivity index (χ1n) is 8.78. The van der Waals surface area contributed by atoms with E-state index in [2.05, 4.69) is 5.32 Å². The molecule has 1 atom stereocenters. The molecule has 0 aromatic rings. The van der Waals surface area contributed by atoms with Gasteiger partial charge in [0.2, 0.25) is 11.8 Å². The molecule has 3 rings (SSSR count). The van der Waals surface area contributed by atoms with Crippen LogP contribution in [0.1, 0.15) is 64.2 Å². The summed E-state index contributed by atoms with van der Waals surface area (Å²) in [5, 5.41) is 3.04. The number of carbonyl (C=O) groups is 2. The zero-order chi connectivity index (χ0) is 14.7. The molecule has 2 saturated carbocycles. The van der Waals surface area contributed by atoms with Crippen LogP contribution in [-0.2, 0) is 9.59 Å². The lowest BCUT2D eigenvalue weighted by Crippen LogP contribution is -2.31. The fraction of sp³-hybridized carbons (Fsp3) is 0.882. The van der Waals surface area contributed by atoms with Crippen LogP contribution in [0.4, 0.5) is 0 Å². The minimum absolute atomic E-state index is 0.183. The summed E-state index contributed by atoms with van der Waals surface area (Å²) < 4.78 is 0. The second kappa shape index (κ2) is 6.80. The van der Waals surface area contributed by atoms with Crippen molar-refractivity contribution < 1.29 is 9.59 Å². The fourth-order valence-corrected chi connectivity index (χ4v) is 3.79. The van der Waals surface area contributed by atoms with Crippen molar-refractivity contribution in [2.75, 3.05) is 13.1 Å². The number of hydrogen-bond acceptors (Lipinski definition) is 2. The van der Waals surface area contributed by atoms with Crippen LogP contribution < -0.4 is 5.32 Å². The van der Waals surface area contributed by atoms with Crippen molar-refractivity contribution in [1.82, 2.24) is 10.2 Å². The second-order valence-electron chi connectivity index (χ2n) is 7.23. The predicted molar refractivity (Wildman–Crippen MR) is 81.7 cm³/mol. The summed E-state index contributed by atoms with van der Waals surface area (Å²) >= 11 is 0. The highest BCUT2D eigenvalue weighted by atomic mass is 16.2. The molecule has 1 saturated heterocycles. The predicted octanol–water partition coefficient (Wildman–Crippen LogP) is 2.47. The maximum absolute atomic E-state index is 12.2. The highest BCUT2D eigenvalue weighted by Crippen LogP contribution is 2.29. The first-order valence-corrected chi connectivity index (χ1v) is 8.78. The van der Waals surface area contributed by atoms with E-state index in [1.165, 1.54) is 25.7 Å². The lowest BCUT2D eigenvalue weighted by molar-refractivity contribution is -0.131. The number of carbonyl (C=O) groups excluding carboxylic acids is 2. The molecule has 0 bridgehead atoms. The van der Waals surface area contributed by atoms with Crippen LogP contribution in [0.2, 0.25) is 0 Å². The lowest BCUT2D eigenvalue weighted by atomic mass is 10.0. The Kier molecular flexibility index (Phi) is 4.81. The standard InChI is InChI=1S/C17H28N2O2/c20-16(18-15-6-7-15)11-14-9-10-19(12-14)17(21)8-5-13-3-1-2-4-13/h13-15H,1-12H2,(H,18,20). The first kappa shape index (κ1) is 14.9. The number of nitrogens with zero attached hydrogens (tertiary/aromatic N) is 1. The number of amides is 2. The van der Waals surface area contributed by atoms with Gasteiger partial charge in [0.1, 0.15) is 0 Å². The largest absolute Gasteiger partial charge is 0.353 e. The Morgan fingerprint density at radius 1 is 1.00 bits per heavy atom. The third-order valence-corrected chi connectivity index (χ3v) is 5.30. The monoisotopic (exact) mass is 292 g/mol. The van der Waals surface area contributed by atoms with Crippen molar-refractivity contribution in [3.63, 3.8) is 0 Å². The molecule has 3 fully saturated rings. The summed E-state index contributed by atoms with van der Waals surface area (Å²) in [6, 6.07) is 0.447. The molecule has 0 aromatic carbocycles. The molecule has 1 N–H and O–H groups in total. The molecule has 4 nitrogen and oxygen atoms in total. The van der Waals surface area contributed by atoms with E-state index < -0.39 is 0 Å². The molecule has 1 heterocycles. The molecule has 0 aromatic heterocycles. The minimum atomic E-state index is 0.183. The van der Waals surface area contributed by atoms with Crippen molar-refractivity contribution >= 4 is 11.8 Å². The quantitative estimate of drug-likeness (QED) is 0.817. The van der Waals surface area contributed by atoms with E-state index >= 15 is 0 Å². The van der Waals surface area contributed by atoms with Crippen molar-refractivity contribution in [3.05, 3.63) is 0 Å². The Labute approximate surface area is 127 Å². The summed E-state index contributed by atoms with van der Waals surface area (Å²) in [5.74, 6) is 1.66. The second-order valence-corrected chi connectivity index (χ2v) is 7.23.